The molecule has 16 atom stereocenters. The number of carboxylic acids is 1. The number of hydrogen-bond donors (Lipinski definition) is 11. The maximum absolute atomic E-state index is 12.5. The molecule has 0 saturated carbocycles. The first-order valence-electron chi connectivity index (χ1n) is 13.9. The molecular formula is C25H43NO18. The number of amides is 1. The Kier molecular flexibility index (Phi) is 12.8. The van der Waals surface area contributed by atoms with E-state index in [2.05, 4.69) is 5.32 Å². The van der Waals surface area contributed by atoms with Crippen LogP contribution in [0.5, 0.6) is 0 Å². The van der Waals surface area contributed by atoms with Crippen molar-refractivity contribution < 1.29 is 89.1 Å². The van der Waals surface area contributed by atoms with Gasteiger partial charge in [-0.15, -0.1) is 0 Å². The number of aliphatic hydroxyl groups is 9. The summed E-state index contributed by atoms with van der Waals surface area (Å²) in [5, 5.41) is 106. The minimum atomic E-state index is -2.86. The Hall–Kier alpha value is -1.66. The van der Waals surface area contributed by atoms with Crippen LogP contribution in [0.25, 0.3) is 0 Å². The Balaban J connectivity index is 1.96. The van der Waals surface area contributed by atoms with Crippen LogP contribution in [0.2, 0.25) is 0 Å². The highest BCUT2D eigenvalue weighted by atomic mass is 16.8. The summed E-state index contributed by atoms with van der Waals surface area (Å²) in [6, 6.07) is -1.26. The average Bonchev–Trinajstić information content (AvgIpc) is 2.98. The third-order valence-corrected chi connectivity index (χ3v) is 8.07. The molecule has 1 amide bonds. The first-order valence-corrected chi connectivity index (χ1v) is 13.9. The molecule has 19 heteroatoms. The number of ether oxygens (including phenoxy) is 6. The lowest BCUT2D eigenvalue weighted by atomic mass is 9.84. The molecule has 3 heterocycles. The van der Waals surface area contributed by atoms with Gasteiger partial charge in [0.25, 0.3) is 5.79 Å². The molecule has 0 aliphatic carbocycles. The number of aliphatic hydroxyl groups excluding tert-OH is 9. The number of aliphatic carboxylic acids is 1. The van der Waals surface area contributed by atoms with E-state index >= 15 is 0 Å². The SMILES string of the molecule is CO[C@H]1OC(CO)[C@H](O)[C@H](O[C@@H]2OC(CO)[C@H](O)[C@H](O[C@]3(C(=O)O)C[C@@H](O)[C@@H](C)C([C@H](O)[C@H](O)CO)O3)C2O)C1NC(C)=O. The van der Waals surface area contributed by atoms with Crippen molar-refractivity contribution in [2.24, 2.45) is 5.92 Å². The van der Waals surface area contributed by atoms with Gasteiger partial charge in [-0.2, -0.15) is 0 Å². The zero-order valence-corrected chi connectivity index (χ0v) is 24.2. The second-order valence-electron chi connectivity index (χ2n) is 11.1. The Morgan fingerprint density at radius 1 is 0.955 bits per heavy atom. The summed E-state index contributed by atoms with van der Waals surface area (Å²) < 4.78 is 33.2. The molecule has 0 bridgehead atoms. The molecule has 3 saturated heterocycles. The Morgan fingerprint density at radius 3 is 2.02 bits per heavy atom. The number of rotatable bonds is 12. The summed E-state index contributed by atoms with van der Waals surface area (Å²) in [7, 11) is 1.21. The maximum atomic E-state index is 12.5. The summed E-state index contributed by atoms with van der Waals surface area (Å²) in [4.78, 5) is 24.5. The van der Waals surface area contributed by atoms with Crippen LogP contribution in [0.15, 0.2) is 0 Å². The normalized spacial score (nSPS) is 44.5. The van der Waals surface area contributed by atoms with Gasteiger partial charge in [0, 0.05) is 26.4 Å². The number of carbonyl (C=O) groups excluding carboxylic acids is 1. The van der Waals surface area contributed by atoms with Gasteiger partial charge >= 0.3 is 5.97 Å². The quantitative estimate of drug-likeness (QED) is 0.0940. The van der Waals surface area contributed by atoms with Gasteiger partial charge in [0.2, 0.25) is 5.91 Å². The van der Waals surface area contributed by atoms with E-state index in [0.717, 1.165) is 6.92 Å². The lowest BCUT2D eigenvalue weighted by Crippen LogP contribution is -2.69. The highest BCUT2D eigenvalue weighted by molar-refractivity contribution is 5.76. The van der Waals surface area contributed by atoms with E-state index in [1.54, 1.807) is 0 Å². The summed E-state index contributed by atoms with van der Waals surface area (Å²) in [5.74, 6) is -6.31. The second kappa shape index (κ2) is 15.3. The first-order chi connectivity index (χ1) is 20.7. The van der Waals surface area contributed by atoms with Crippen LogP contribution in [0, 0.1) is 5.92 Å². The van der Waals surface area contributed by atoms with E-state index in [0.29, 0.717) is 0 Å². The molecule has 5 unspecified atom stereocenters. The zero-order chi connectivity index (χ0) is 33.1. The van der Waals surface area contributed by atoms with Gasteiger partial charge in [-0.05, 0) is 0 Å². The van der Waals surface area contributed by atoms with Crippen LogP contribution in [-0.2, 0) is 38.0 Å². The predicted molar refractivity (Wildman–Crippen MR) is 138 cm³/mol. The molecule has 0 aromatic carbocycles. The number of carboxylic acid groups (broad SMARTS) is 1. The van der Waals surface area contributed by atoms with Crippen molar-refractivity contribution >= 4 is 11.9 Å². The van der Waals surface area contributed by atoms with Gasteiger partial charge < -0.3 is 84.8 Å². The van der Waals surface area contributed by atoms with Crippen LogP contribution in [0.3, 0.4) is 0 Å². The molecule has 44 heavy (non-hydrogen) atoms. The van der Waals surface area contributed by atoms with E-state index in [9.17, 15) is 60.7 Å². The summed E-state index contributed by atoms with van der Waals surface area (Å²) >= 11 is 0. The van der Waals surface area contributed by atoms with Crippen molar-refractivity contribution in [2.45, 2.75) is 112 Å². The van der Waals surface area contributed by atoms with E-state index in [1.165, 1.54) is 14.0 Å². The largest absolute Gasteiger partial charge is 0.477 e. The molecule has 0 radical (unpaired) electrons. The van der Waals surface area contributed by atoms with Crippen molar-refractivity contribution in [3.8, 4) is 0 Å². The van der Waals surface area contributed by atoms with Gasteiger partial charge in [0.15, 0.2) is 12.6 Å². The highest BCUT2D eigenvalue weighted by Gasteiger charge is 2.59. The number of carbonyl (C=O) groups is 2. The van der Waals surface area contributed by atoms with Crippen molar-refractivity contribution in [1.82, 2.24) is 5.32 Å². The predicted octanol–water partition coefficient (Wildman–Crippen LogP) is -6.29. The van der Waals surface area contributed by atoms with Gasteiger partial charge in [-0.1, -0.05) is 6.92 Å². The molecule has 0 aromatic rings. The van der Waals surface area contributed by atoms with E-state index < -0.39 is 136 Å². The van der Waals surface area contributed by atoms with Crippen LogP contribution in [0.4, 0.5) is 0 Å². The molecule has 19 nitrogen and oxygen atoms in total. The second-order valence-corrected chi connectivity index (χ2v) is 11.1. The van der Waals surface area contributed by atoms with Crippen molar-refractivity contribution in [3.05, 3.63) is 0 Å². The van der Waals surface area contributed by atoms with Crippen molar-refractivity contribution in [2.75, 3.05) is 26.9 Å². The molecule has 0 aromatic heterocycles. The molecule has 256 valence electrons. The van der Waals surface area contributed by atoms with Gasteiger partial charge in [0.1, 0.15) is 61.0 Å². The number of methoxy groups -OCH3 is 1. The Morgan fingerprint density at radius 2 is 1.52 bits per heavy atom. The highest BCUT2D eigenvalue weighted by Crippen LogP contribution is 2.40. The van der Waals surface area contributed by atoms with Crippen LogP contribution in [0.1, 0.15) is 20.3 Å². The zero-order valence-electron chi connectivity index (χ0n) is 24.2. The minimum Gasteiger partial charge on any atom is -0.477 e. The average molecular weight is 646 g/mol. The standard InChI is InChI=1S/C25H43NO18/c1-8-10(31)4-25(24(37)38,43-19(8)15(33)11(32)5-27)44-21-17(35)13(7-29)41-23(18(21)36)42-20-14(26-9(2)30)22(39-3)40-12(6-28)16(20)34/h8,10-23,27-29,31-36H,4-7H2,1-3H3,(H,26,30)(H,37,38)/t8-,10-,11-,12?,13?,14?,15-,16+,17+,18?,19?,20-,21+,22+,23+,25+/m1/s1. The smallest absolute Gasteiger partial charge is 0.364 e. The lowest BCUT2D eigenvalue weighted by Gasteiger charge is -2.50. The molecule has 3 aliphatic heterocycles. The number of nitrogens with one attached hydrogen (secondary N) is 1. The van der Waals surface area contributed by atoms with Crippen molar-refractivity contribution in [1.29, 1.82) is 0 Å². The Labute approximate surface area is 251 Å². The number of hydrogen-bond acceptors (Lipinski definition) is 17. The van der Waals surface area contributed by atoms with Gasteiger partial charge in [-0.25, -0.2) is 4.79 Å². The third kappa shape index (κ3) is 7.48. The van der Waals surface area contributed by atoms with Crippen LogP contribution >= 0.6 is 0 Å². The molecule has 3 aliphatic rings. The summed E-state index contributed by atoms with van der Waals surface area (Å²) in [6.07, 6.45) is -22.9. The monoisotopic (exact) mass is 645 g/mol. The van der Waals surface area contributed by atoms with Crippen LogP contribution in [-0.4, -0.2) is 181 Å². The fourth-order valence-electron chi connectivity index (χ4n) is 5.53. The van der Waals surface area contributed by atoms with Gasteiger partial charge in [0.05, 0.1) is 32.0 Å². The molecular weight excluding hydrogens is 602 g/mol. The fraction of sp³-hybridized carbons (Fsp3) is 0.920. The molecule has 3 fully saturated rings. The van der Waals surface area contributed by atoms with Crippen LogP contribution < -0.4 is 5.32 Å². The lowest BCUT2D eigenvalue weighted by molar-refractivity contribution is -0.383. The summed E-state index contributed by atoms with van der Waals surface area (Å²) in [6.45, 7) is -0.0308. The topological polar surface area (TPSA) is 304 Å². The minimum absolute atomic E-state index is 0.604. The first kappa shape index (κ1) is 36.8. The van der Waals surface area contributed by atoms with E-state index in [-0.39, 0.29) is 0 Å². The van der Waals surface area contributed by atoms with Gasteiger partial charge in [-0.3, -0.25) is 4.79 Å². The summed E-state index contributed by atoms with van der Waals surface area (Å²) in [5.41, 5.74) is 0. The van der Waals surface area contributed by atoms with E-state index in [4.69, 9.17) is 28.4 Å². The van der Waals surface area contributed by atoms with E-state index in [1.807, 2.05) is 0 Å². The Bertz CT molecular complexity index is 960. The molecule has 0 spiro atoms. The molecule has 3 rings (SSSR count). The maximum Gasteiger partial charge on any atom is 0.364 e. The van der Waals surface area contributed by atoms with Crippen molar-refractivity contribution in [3.63, 3.8) is 0 Å². The molecule has 11 N–H and O–H groups in total. The fourth-order valence-corrected chi connectivity index (χ4v) is 5.53. The third-order valence-electron chi connectivity index (χ3n) is 8.07.